The molecule has 3 heteroatoms. The fraction of sp³-hybridized carbons (Fsp3) is 0.143. The normalized spacial score (nSPS) is 10.5. The third-order valence-corrected chi connectivity index (χ3v) is 2.73. The Morgan fingerprint density at radius 1 is 0.765 bits per heavy atom. The Kier molecular flexibility index (Phi) is 3.42. The topological polar surface area (TPSA) is 60.7 Å². The summed E-state index contributed by atoms with van der Waals surface area (Å²) in [5.41, 5.74) is 3.23. The van der Waals surface area contributed by atoms with Crippen LogP contribution in [-0.4, -0.2) is 15.3 Å². The number of aromatic hydroxyl groups is 1. The molecule has 0 saturated heterocycles. The average molecular weight is 230 g/mol. The molecule has 0 aliphatic carbocycles. The van der Waals surface area contributed by atoms with Crippen LogP contribution in [0, 0.1) is 0 Å². The Labute approximate surface area is 99.6 Å². The van der Waals surface area contributed by atoms with Crippen LogP contribution in [0.15, 0.2) is 42.5 Å². The molecule has 0 aliphatic heterocycles. The van der Waals surface area contributed by atoms with Crippen molar-refractivity contribution in [2.75, 3.05) is 0 Å². The quantitative estimate of drug-likeness (QED) is 0.756. The van der Waals surface area contributed by atoms with Crippen LogP contribution in [0.3, 0.4) is 0 Å². The van der Waals surface area contributed by atoms with E-state index in [1.165, 1.54) is 0 Å². The molecule has 2 aromatic carbocycles. The summed E-state index contributed by atoms with van der Waals surface area (Å²) in [6.45, 7) is -0.159. The van der Waals surface area contributed by atoms with Crippen molar-refractivity contribution >= 4 is 0 Å². The fourth-order valence-corrected chi connectivity index (χ4v) is 1.92. The molecular weight excluding hydrogens is 216 g/mol. The van der Waals surface area contributed by atoms with E-state index in [9.17, 15) is 15.3 Å². The molecule has 0 heterocycles. The van der Waals surface area contributed by atoms with Gasteiger partial charge in [0.25, 0.3) is 0 Å². The lowest BCUT2D eigenvalue weighted by atomic mass is 9.95. The third-order valence-electron chi connectivity index (χ3n) is 2.73. The van der Waals surface area contributed by atoms with Crippen LogP contribution in [0.25, 0.3) is 11.1 Å². The average Bonchev–Trinajstić information content (AvgIpc) is 2.38. The largest absolute Gasteiger partial charge is 0.508 e. The van der Waals surface area contributed by atoms with Crippen molar-refractivity contribution in [2.24, 2.45) is 0 Å². The first kappa shape index (κ1) is 11.6. The Morgan fingerprint density at radius 3 is 1.76 bits per heavy atom. The highest BCUT2D eigenvalue weighted by Crippen LogP contribution is 2.29. The van der Waals surface area contributed by atoms with Crippen molar-refractivity contribution in [2.45, 2.75) is 13.2 Å². The van der Waals surface area contributed by atoms with Gasteiger partial charge in [-0.25, -0.2) is 0 Å². The summed E-state index contributed by atoms with van der Waals surface area (Å²) in [4.78, 5) is 0. The maximum atomic E-state index is 9.32. The summed E-state index contributed by atoms with van der Waals surface area (Å²) < 4.78 is 0. The molecule has 0 fully saturated rings. The van der Waals surface area contributed by atoms with E-state index in [4.69, 9.17) is 0 Å². The molecule has 0 saturated carbocycles. The summed E-state index contributed by atoms with van der Waals surface area (Å²) in [6, 6.07) is 12.2. The van der Waals surface area contributed by atoms with Crippen LogP contribution in [0.4, 0.5) is 0 Å². The standard InChI is InChI=1S/C14H14O3/c15-8-11-2-1-3-12(9-16)14(11)10-4-6-13(17)7-5-10/h1-7,15-17H,8-9H2. The summed E-state index contributed by atoms with van der Waals surface area (Å²) in [7, 11) is 0. The minimum atomic E-state index is -0.0793. The molecule has 17 heavy (non-hydrogen) atoms. The van der Waals surface area contributed by atoms with Crippen molar-refractivity contribution in [3.05, 3.63) is 53.6 Å². The first-order valence-electron chi connectivity index (χ1n) is 5.38. The molecule has 0 amide bonds. The number of phenols is 1. The minimum Gasteiger partial charge on any atom is -0.508 e. The number of aliphatic hydroxyl groups excluding tert-OH is 2. The summed E-state index contributed by atoms with van der Waals surface area (Å²) in [5.74, 6) is 0.195. The van der Waals surface area contributed by atoms with Gasteiger partial charge in [0.05, 0.1) is 13.2 Å². The van der Waals surface area contributed by atoms with Gasteiger partial charge in [0.15, 0.2) is 0 Å². The van der Waals surface area contributed by atoms with E-state index in [0.29, 0.717) is 0 Å². The molecular formula is C14H14O3. The summed E-state index contributed by atoms with van der Waals surface area (Å²) in [6.07, 6.45) is 0. The molecule has 2 aromatic rings. The maximum Gasteiger partial charge on any atom is 0.115 e. The highest BCUT2D eigenvalue weighted by molar-refractivity contribution is 5.71. The van der Waals surface area contributed by atoms with Gasteiger partial charge in [0, 0.05) is 0 Å². The predicted octanol–water partition coefficient (Wildman–Crippen LogP) is 2.04. The van der Waals surface area contributed by atoms with E-state index in [1.807, 2.05) is 12.1 Å². The van der Waals surface area contributed by atoms with E-state index in [1.54, 1.807) is 30.3 Å². The Hall–Kier alpha value is -1.84. The van der Waals surface area contributed by atoms with E-state index >= 15 is 0 Å². The van der Waals surface area contributed by atoms with Gasteiger partial charge in [0.2, 0.25) is 0 Å². The first-order chi connectivity index (χ1) is 8.26. The predicted molar refractivity (Wildman–Crippen MR) is 65.4 cm³/mol. The zero-order valence-electron chi connectivity index (χ0n) is 9.30. The second-order valence-electron chi connectivity index (χ2n) is 3.81. The molecule has 0 spiro atoms. The van der Waals surface area contributed by atoms with Gasteiger partial charge in [-0.2, -0.15) is 0 Å². The van der Waals surface area contributed by atoms with E-state index in [-0.39, 0.29) is 19.0 Å². The number of phenolic OH excluding ortho intramolecular Hbond substituents is 1. The van der Waals surface area contributed by atoms with Crippen molar-refractivity contribution in [1.29, 1.82) is 0 Å². The zero-order valence-corrected chi connectivity index (χ0v) is 9.30. The molecule has 3 N–H and O–H groups in total. The molecule has 0 atom stereocenters. The first-order valence-corrected chi connectivity index (χ1v) is 5.38. The number of aliphatic hydroxyl groups is 2. The molecule has 3 nitrogen and oxygen atoms in total. The Bertz CT molecular complexity index is 481. The smallest absolute Gasteiger partial charge is 0.115 e. The lowest BCUT2D eigenvalue weighted by Crippen LogP contribution is -1.95. The van der Waals surface area contributed by atoms with Crippen molar-refractivity contribution in [3.63, 3.8) is 0 Å². The molecule has 0 aromatic heterocycles. The van der Waals surface area contributed by atoms with E-state index in [0.717, 1.165) is 22.3 Å². The fourth-order valence-electron chi connectivity index (χ4n) is 1.92. The van der Waals surface area contributed by atoms with Gasteiger partial charge in [-0.05, 0) is 34.4 Å². The number of rotatable bonds is 3. The maximum absolute atomic E-state index is 9.32. The Balaban J connectivity index is 2.59. The lowest BCUT2D eigenvalue weighted by molar-refractivity contribution is 0.276. The van der Waals surface area contributed by atoms with Gasteiger partial charge < -0.3 is 15.3 Å². The molecule has 0 unspecified atom stereocenters. The van der Waals surface area contributed by atoms with Gasteiger partial charge in [-0.15, -0.1) is 0 Å². The van der Waals surface area contributed by atoms with E-state index < -0.39 is 0 Å². The highest BCUT2D eigenvalue weighted by Gasteiger charge is 2.09. The molecule has 0 bridgehead atoms. The summed E-state index contributed by atoms with van der Waals surface area (Å²) in [5, 5.41) is 27.9. The second-order valence-corrected chi connectivity index (χ2v) is 3.81. The van der Waals surface area contributed by atoms with Crippen LogP contribution >= 0.6 is 0 Å². The second kappa shape index (κ2) is 4.99. The molecule has 0 aliphatic rings. The lowest BCUT2D eigenvalue weighted by Gasteiger charge is -2.12. The molecule has 88 valence electrons. The van der Waals surface area contributed by atoms with Crippen LogP contribution in [0.5, 0.6) is 5.75 Å². The van der Waals surface area contributed by atoms with Gasteiger partial charge in [0.1, 0.15) is 5.75 Å². The monoisotopic (exact) mass is 230 g/mol. The van der Waals surface area contributed by atoms with Crippen LogP contribution < -0.4 is 0 Å². The van der Waals surface area contributed by atoms with Crippen molar-refractivity contribution in [3.8, 4) is 16.9 Å². The third kappa shape index (κ3) is 2.30. The van der Waals surface area contributed by atoms with Gasteiger partial charge in [-0.3, -0.25) is 0 Å². The van der Waals surface area contributed by atoms with Crippen LogP contribution in [0.1, 0.15) is 11.1 Å². The summed E-state index contributed by atoms with van der Waals surface area (Å²) >= 11 is 0. The van der Waals surface area contributed by atoms with Crippen LogP contribution in [0.2, 0.25) is 0 Å². The SMILES string of the molecule is OCc1cccc(CO)c1-c1ccc(O)cc1. The Morgan fingerprint density at radius 2 is 1.29 bits per heavy atom. The minimum absolute atomic E-state index is 0.0793. The molecule has 2 rings (SSSR count). The number of hydrogen-bond acceptors (Lipinski definition) is 3. The molecule has 0 radical (unpaired) electrons. The highest BCUT2D eigenvalue weighted by atomic mass is 16.3. The number of benzene rings is 2. The van der Waals surface area contributed by atoms with Gasteiger partial charge >= 0.3 is 0 Å². The zero-order chi connectivity index (χ0) is 12.3. The van der Waals surface area contributed by atoms with Crippen molar-refractivity contribution < 1.29 is 15.3 Å². The van der Waals surface area contributed by atoms with E-state index in [2.05, 4.69) is 0 Å². The van der Waals surface area contributed by atoms with Crippen molar-refractivity contribution in [1.82, 2.24) is 0 Å². The number of hydrogen-bond donors (Lipinski definition) is 3. The van der Waals surface area contributed by atoms with Crippen LogP contribution in [-0.2, 0) is 13.2 Å². The van der Waals surface area contributed by atoms with Gasteiger partial charge in [-0.1, -0.05) is 30.3 Å².